The minimum absolute atomic E-state index is 0.313. The van der Waals surface area contributed by atoms with Crippen LogP contribution in [-0.4, -0.2) is 42.0 Å². The maximum Gasteiger partial charge on any atom is 0.416 e. The number of piperazine rings is 1. The first kappa shape index (κ1) is 19.5. The highest BCUT2D eigenvalue weighted by atomic mass is 35.5. The van der Waals surface area contributed by atoms with E-state index in [1.807, 2.05) is 24.3 Å². The zero-order chi connectivity index (χ0) is 19.4. The van der Waals surface area contributed by atoms with Gasteiger partial charge in [0, 0.05) is 43.4 Å². The van der Waals surface area contributed by atoms with E-state index in [4.69, 9.17) is 11.6 Å². The van der Waals surface area contributed by atoms with Gasteiger partial charge in [0.2, 0.25) is 0 Å². The number of benzene rings is 2. The highest BCUT2D eigenvalue weighted by Crippen LogP contribution is 2.29. The van der Waals surface area contributed by atoms with Gasteiger partial charge in [-0.15, -0.1) is 0 Å². The van der Waals surface area contributed by atoms with Gasteiger partial charge in [-0.05, 0) is 35.9 Å². The van der Waals surface area contributed by atoms with Crippen molar-refractivity contribution < 1.29 is 18.0 Å². The first-order valence-corrected chi connectivity index (χ1v) is 8.90. The number of carbonyl (C=O) groups is 1. The standard InChI is InChI=1S/C19H19ClF3N3O/c20-17-4-2-1-3-14(17)13-25-9-11-26(12-10-25)18(27)24-16-7-5-15(6-8-16)19(21,22)23/h1-8H,9-13H2,(H,24,27). The van der Waals surface area contributed by atoms with Crippen molar-refractivity contribution in [2.45, 2.75) is 12.7 Å². The molecular weight excluding hydrogens is 379 g/mol. The van der Waals surface area contributed by atoms with Crippen molar-refractivity contribution in [3.63, 3.8) is 0 Å². The molecule has 0 unspecified atom stereocenters. The van der Waals surface area contributed by atoms with Gasteiger partial charge >= 0.3 is 12.2 Å². The zero-order valence-corrected chi connectivity index (χ0v) is 15.2. The number of amides is 2. The maximum absolute atomic E-state index is 12.6. The molecule has 0 radical (unpaired) electrons. The van der Waals surface area contributed by atoms with Crippen molar-refractivity contribution in [2.24, 2.45) is 0 Å². The quantitative estimate of drug-likeness (QED) is 0.814. The van der Waals surface area contributed by atoms with E-state index in [9.17, 15) is 18.0 Å². The van der Waals surface area contributed by atoms with Gasteiger partial charge in [0.1, 0.15) is 0 Å². The molecule has 0 aliphatic carbocycles. The molecule has 0 spiro atoms. The predicted octanol–water partition coefficient (Wildman–Crippen LogP) is 4.71. The Morgan fingerprint density at radius 2 is 1.63 bits per heavy atom. The monoisotopic (exact) mass is 397 g/mol. The van der Waals surface area contributed by atoms with Gasteiger partial charge in [-0.25, -0.2) is 4.79 Å². The highest BCUT2D eigenvalue weighted by molar-refractivity contribution is 6.31. The van der Waals surface area contributed by atoms with E-state index in [0.717, 1.165) is 22.7 Å². The van der Waals surface area contributed by atoms with Gasteiger partial charge in [-0.3, -0.25) is 4.90 Å². The minimum atomic E-state index is -4.39. The fourth-order valence-corrected chi connectivity index (χ4v) is 3.12. The molecule has 8 heteroatoms. The van der Waals surface area contributed by atoms with Crippen LogP contribution in [0.15, 0.2) is 48.5 Å². The predicted molar refractivity (Wildman–Crippen MR) is 98.8 cm³/mol. The lowest BCUT2D eigenvalue weighted by Crippen LogP contribution is -2.49. The highest BCUT2D eigenvalue weighted by Gasteiger charge is 2.30. The molecule has 1 saturated heterocycles. The molecule has 3 rings (SSSR count). The summed E-state index contributed by atoms with van der Waals surface area (Å²) in [4.78, 5) is 16.2. The third-order valence-corrected chi connectivity index (χ3v) is 4.84. The van der Waals surface area contributed by atoms with Crippen molar-refractivity contribution >= 4 is 23.3 Å². The number of nitrogens with zero attached hydrogens (tertiary/aromatic N) is 2. The molecule has 0 atom stereocenters. The molecule has 2 amide bonds. The maximum atomic E-state index is 12.6. The number of nitrogens with one attached hydrogen (secondary N) is 1. The summed E-state index contributed by atoms with van der Waals surface area (Å²) in [6, 6.07) is 11.8. The van der Waals surface area contributed by atoms with E-state index in [2.05, 4.69) is 10.2 Å². The third kappa shape index (κ3) is 5.14. The normalized spacial score (nSPS) is 15.6. The molecule has 144 valence electrons. The van der Waals surface area contributed by atoms with Crippen molar-refractivity contribution in [3.8, 4) is 0 Å². The molecule has 0 saturated carbocycles. The largest absolute Gasteiger partial charge is 0.416 e. The Morgan fingerprint density at radius 3 is 2.22 bits per heavy atom. The van der Waals surface area contributed by atoms with Gasteiger partial charge in [0.05, 0.1) is 5.56 Å². The molecule has 0 bridgehead atoms. The van der Waals surface area contributed by atoms with Crippen LogP contribution in [0.5, 0.6) is 0 Å². The molecular formula is C19H19ClF3N3O. The summed E-state index contributed by atoms with van der Waals surface area (Å²) >= 11 is 6.18. The number of anilines is 1. The Balaban J connectivity index is 1.50. The molecule has 2 aromatic rings. The summed E-state index contributed by atoms with van der Waals surface area (Å²) in [7, 11) is 0. The number of rotatable bonds is 3. The van der Waals surface area contributed by atoms with Crippen LogP contribution in [0.2, 0.25) is 5.02 Å². The molecule has 1 N–H and O–H groups in total. The second-order valence-corrected chi connectivity index (χ2v) is 6.77. The van der Waals surface area contributed by atoms with E-state index in [-0.39, 0.29) is 6.03 Å². The van der Waals surface area contributed by atoms with Gasteiger partial charge in [-0.1, -0.05) is 29.8 Å². The average molecular weight is 398 g/mol. The van der Waals surface area contributed by atoms with E-state index in [1.54, 1.807) is 4.90 Å². The Hall–Kier alpha value is -2.25. The Morgan fingerprint density at radius 1 is 1.00 bits per heavy atom. The number of urea groups is 1. The fraction of sp³-hybridized carbons (Fsp3) is 0.316. The number of hydrogen-bond donors (Lipinski definition) is 1. The van der Waals surface area contributed by atoms with Gasteiger partial charge in [-0.2, -0.15) is 13.2 Å². The summed E-state index contributed by atoms with van der Waals surface area (Å²) in [5.41, 5.74) is 0.641. The SMILES string of the molecule is O=C(Nc1ccc(C(F)(F)F)cc1)N1CCN(Cc2ccccc2Cl)CC1. The van der Waals surface area contributed by atoms with Crippen LogP contribution in [0.25, 0.3) is 0 Å². The lowest BCUT2D eigenvalue weighted by atomic mass is 10.2. The van der Waals surface area contributed by atoms with Crippen molar-refractivity contribution in [2.75, 3.05) is 31.5 Å². The van der Waals surface area contributed by atoms with Crippen LogP contribution >= 0.6 is 11.6 Å². The second kappa shape index (κ2) is 8.19. The average Bonchev–Trinajstić information content (AvgIpc) is 2.64. The fourth-order valence-electron chi connectivity index (χ4n) is 2.92. The van der Waals surface area contributed by atoms with E-state index >= 15 is 0 Å². The van der Waals surface area contributed by atoms with Crippen LogP contribution in [0, 0.1) is 0 Å². The minimum Gasteiger partial charge on any atom is -0.322 e. The summed E-state index contributed by atoms with van der Waals surface area (Å²) in [6.45, 7) is 3.19. The van der Waals surface area contributed by atoms with Gasteiger partial charge in [0.15, 0.2) is 0 Å². The Kier molecular flexibility index (Phi) is 5.92. The molecule has 1 fully saturated rings. The van der Waals surface area contributed by atoms with Crippen LogP contribution in [0.1, 0.15) is 11.1 Å². The smallest absolute Gasteiger partial charge is 0.322 e. The number of hydrogen-bond acceptors (Lipinski definition) is 2. The van der Waals surface area contributed by atoms with Crippen molar-refractivity contribution in [3.05, 3.63) is 64.7 Å². The summed E-state index contributed by atoms with van der Waals surface area (Å²) < 4.78 is 37.7. The topological polar surface area (TPSA) is 35.6 Å². The molecule has 4 nitrogen and oxygen atoms in total. The number of carbonyl (C=O) groups excluding carboxylic acids is 1. The van der Waals surface area contributed by atoms with E-state index < -0.39 is 11.7 Å². The second-order valence-electron chi connectivity index (χ2n) is 6.36. The van der Waals surface area contributed by atoms with Crippen LogP contribution in [0.4, 0.5) is 23.7 Å². The molecule has 1 heterocycles. The zero-order valence-electron chi connectivity index (χ0n) is 14.5. The molecule has 1 aliphatic heterocycles. The van der Waals surface area contributed by atoms with E-state index in [0.29, 0.717) is 38.4 Å². The Labute approximate surface area is 160 Å². The van der Waals surface area contributed by atoms with Crippen LogP contribution in [-0.2, 0) is 12.7 Å². The van der Waals surface area contributed by atoms with Crippen LogP contribution < -0.4 is 5.32 Å². The van der Waals surface area contributed by atoms with Crippen molar-refractivity contribution in [1.82, 2.24) is 9.80 Å². The van der Waals surface area contributed by atoms with E-state index in [1.165, 1.54) is 12.1 Å². The molecule has 2 aromatic carbocycles. The van der Waals surface area contributed by atoms with Gasteiger partial charge < -0.3 is 10.2 Å². The van der Waals surface area contributed by atoms with Gasteiger partial charge in [0.25, 0.3) is 0 Å². The molecule has 1 aliphatic rings. The number of alkyl halides is 3. The Bertz CT molecular complexity index is 788. The lowest BCUT2D eigenvalue weighted by molar-refractivity contribution is -0.137. The third-order valence-electron chi connectivity index (χ3n) is 4.47. The first-order chi connectivity index (χ1) is 12.8. The first-order valence-electron chi connectivity index (χ1n) is 8.52. The lowest BCUT2D eigenvalue weighted by Gasteiger charge is -2.34. The number of halogens is 4. The van der Waals surface area contributed by atoms with Crippen molar-refractivity contribution in [1.29, 1.82) is 0 Å². The molecule has 0 aromatic heterocycles. The summed E-state index contributed by atoms with van der Waals surface area (Å²) in [5, 5.41) is 3.37. The van der Waals surface area contributed by atoms with Crippen LogP contribution in [0.3, 0.4) is 0 Å². The summed E-state index contributed by atoms with van der Waals surface area (Å²) in [6.07, 6.45) is -4.39. The molecule has 27 heavy (non-hydrogen) atoms. The summed E-state index contributed by atoms with van der Waals surface area (Å²) in [5.74, 6) is 0.